The molecular formula is C14H20N2O2. The van der Waals surface area contributed by atoms with Crippen LogP contribution >= 0.6 is 0 Å². The zero-order valence-corrected chi connectivity index (χ0v) is 10.9. The number of carbonyl (C=O) groups is 1. The molecular weight excluding hydrogens is 228 g/mol. The molecule has 1 aromatic carbocycles. The second-order valence-corrected chi connectivity index (χ2v) is 5.86. The van der Waals surface area contributed by atoms with Crippen molar-refractivity contribution in [2.24, 2.45) is 5.41 Å². The lowest BCUT2D eigenvalue weighted by atomic mass is 9.92. The van der Waals surface area contributed by atoms with Crippen LogP contribution in [0.4, 0.5) is 11.4 Å². The Bertz CT molecular complexity index is 469. The molecule has 1 aromatic rings. The highest BCUT2D eigenvalue weighted by molar-refractivity contribution is 5.94. The van der Waals surface area contributed by atoms with Crippen molar-refractivity contribution in [2.45, 2.75) is 39.2 Å². The number of carboxylic acids is 1. The lowest BCUT2D eigenvalue weighted by Crippen LogP contribution is -2.18. The van der Waals surface area contributed by atoms with Crippen LogP contribution in [0.3, 0.4) is 0 Å². The van der Waals surface area contributed by atoms with E-state index in [-0.39, 0.29) is 5.56 Å². The van der Waals surface area contributed by atoms with Gasteiger partial charge in [0.2, 0.25) is 0 Å². The Balaban J connectivity index is 2.11. The molecule has 0 spiro atoms. The van der Waals surface area contributed by atoms with Crippen LogP contribution in [0.5, 0.6) is 0 Å². The van der Waals surface area contributed by atoms with Crippen molar-refractivity contribution in [2.75, 3.05) is 11.1 Å². The second-order valence-electron chi connectivity index (χ2n) is 5.86. The van der Waals surface area contributed by atoms with E-state index < -0.39 is 5.97 Å². The van der Waals surface area contributed by atoms with Crippen molar-refractivity contribution >= 4 is 17.3 Å². The summed E-state index contributed by atoms with van der Waals surface area (Å²) < 4.78 is 0. The van der Waals surface area contributed by atoms with E-state index in [2.05, 4.69) is 19.2 Å². The molecule has 4 N–H and O–H groups in total. The van der Waals surface area contributed by atoms with Crippen molar-refractivity contribution in [3.63, 3.8) is 0 Å². The van der Waals surface area contributed by atoms with E-state index in [4.69, 9.17) is 10.8 Å². The van der Waals surface area contributed by atoms with Gasteiger partial charge >= 0.3 is 5.97 Å². The zero-order valence-electron chi connectivity index (χ0n) is 10.9. The average molecular weight is 248 g/mol. The summed E-state index contributed by atoms with van der Waals surface area (Å²) in [4.78, 5) is 11.0. The molecule has 4 heteroatoms. The topological polar surface area (TPSA) is 75.3 Å². The van der Waals surface area contributed by atoms with Gasteiger partial charge in [0.15, 0.2) is 0 Å². The molecule has 0 aromatic heterocycles. The Hall–Kier alpha value is -1.71. The van der Waals surface area contributed by atoms with Crippen molar-refractivity contribution in [1.29, 1.82) is 0 Å². The minimum atomic E-state index is -0.983. The molecule has 18 heavy (non-hydrogen) atoms. The first-order valence-electron chi connectivity index (χ1n) is 6.27. The predicted octanol–water partition coefficient (Wildman–Crippen LogP) is 2.96. The first kappa shape index (κ1) is 12.7. The van der Waals surface area contributed by atoms with Gasteiger partial charge in [0, 0.05) is 17.4 Å². The third kappa shape index (κ3) is 2.75. The largest absolute Gasteiger partial charge is 0.478 e. The van der Waals surface area contributed by atoms with Gasteiger partial charge in [-0.25, -0.2) is 4.79 Å². The number of nitrogens with two attached hydrogens (primary N) is 1. The molecule has 98 valence electrons. The van der Waals surface area contributed by atoms with Crippen molar-refractivity contribution in [3.05, 3.63) is 23.8 Å². The average Bonchev–Trinajstić information content (AvgIpc) is 2.60. The number of carboxylic acid groups (broad SMARTS) is 1. The number of nitrogens with one attached hydrogen (secondary N) is 1. The maximum atomic E-state index is 11.0. The third-order valence-electron chi connectivity index (χ3n) is 3.62. The van der Waals surface area contributed by atoms with E-state index in [1.54, 1.807) is 12.1 Å². The van der Waals surface area contributed by atoms with Crippen LogP contribution in [-0.4, -0.2) is 17.1 Å². The highest BCUT2D eigenvalue weighted by Crippen LogP contribution is 2.38. The summed E-state index contributed by atoms with van der Waals surface area (Å²) in [5, 5.41) is 12.4. The van der Waals surface area contributed by atoms with Crippen molar-refractivity contribution < 1.29 is 9.90 Å². The van der Waals surface area contributed by atoms with Gasteiger partial charge in [-0.3, -0.25) is 0 Å². The van der Waals surface area contributed by atoms with Crippen LogP contribution in [0.15, 0.2) is 18.2 Å². The smallest absolute Gasteiger partial charge is 0.337 e. The molecule has 0 bridgehead atoms. The fourth-order valence-electron chi connectivity index (χ4n) is 2.63. The van der Waals surface area contributed by atoms with E-state index in [1.807, 2.05) is 6.07 Å². The fraction of sp³-hybridized carbons (Fsp3) is 0.500. The Labute approximate surface area is 107 Å². The summed E-state index contributed by atoms with van der Waals surface area (Å²) in [6.07, 6.45) is 3.44. The highest BCUT2D eigenvalue weighted by atomic mass is 16.4. The lowest BCUT2D eigenvalue weighted by Gasteiger charge is -2.19. The van der Waals surface area contributed by atoms with E-state index in [0.29, 0.717) is 17.1 Å². The van der Waals surface area contributed by atoms with Gasteiger partial charge in [-0.1, -0.05) is 13.8 Å². The molecule has 2 rings (SSSR count). The third-order valence-corrected chi connectivity index (χ3v) is 3.62. The summed E-state index contributed by atoms with van der Waals surface area (Å²) >= 11 is 0. The molecule has 1 atom stereocenters. The molecule has 1 fully saturated rings. The van der Waals surface area contributed by atoms with Gasteiger partial charge < -0.3 is 16.2 Å². The van der Waals surface area contributed by atoms with Gasteiger partial charge in [0.25, 0.3) is 0 Å². The van der Waals surface area contributed by atoms with Crippen LogP contribution in [0.1, 0.15) is 43.5 Å². The molecule has 0 radical (unpaired) electrons. The minimum Gasteiger partial charge on any atom is -0.478 e. The molecule has 1 saturated carbocycles. The summed E-state index contributed by atoms with van der Waals surface area (Å²) in [6, 6.07) is 5.52. The Morgan fingerprint density at radius 1 is 1.50 bits per heavy atom. The SMILES string of the molecule is CC1(C)CCC(Nc2ccc(N)c(C(=O)O)c2)C1. The maximum Gasteiger partial charge on any atom is 0.337 e. The molecule has 0 amide bonds. The Morgan fingerprint density at radius 3 is 2.78 bits per heavy atom. The summed E-state index contributed by atoms with van der Waals surface area (Å²) in [5.74, 6) is -0.983. The summed E-state index contributed by atoms with van der Waals surface area (Å²) in [7, 11) is 0. The zero-order chi connectivity index (χ0) is 13.3. The minimum absolute atomic E-state index is 0.164. The monoisotopic (exact) mass is 248 g/mol. The first-order valence-corrected chi connectivity index (χ1v) is 6.27. The van der Waals surface area contributed by atoms with E-state index >= 15 is 0 Å². The van der Waals surface area contributed by atoms with Gasteiger partial charge in [-0.15, -0.1) is 0 Å². The molecule has 0 aliphatic heterocycles. The molecule has 0 heterocycles. The highest BCUT2D eigenvalue weighted by Gasteiger charge is 2.30. The van der Waals surface area contributed by atoms with Gasteiger partial charge in [-0.2, -0.15) is 0 Å². The van der Waals surface area contributed by atoms with Crippen LogP contribution in [-0.2, 0) is 0 Å². The number of anilines is 2. The van der Waals surface area contributed by atoms with Crippen LogP contribution < -0.4 is 11.1 Å². The van der Waals surface area contributed by atoms with Gasteiger partial charge in [-0.05, 0) is 42.9 Å². The van der Waals surface area contributed by atoms with Gasteiger partial charge in [0.05, 0.1) is 5.56 Å². The lowest BCUT2D eigenvalue weighted by molar-refractivity contribution is 0.0698. The maximum absolute atomic E-state index is 11.0. The standard InChI is InChI=1S/C14H20N2O2/c1-14(2)6-5-10(8-14)16-9-3-4-12(15)11(7-9)13(17)18/h3-4,7,10,16H,5-6,8,15H2,1-2H3,(H,17,18). The predicted molar refractivity (Wildman–Crippen MR) is 72.9 cm³/mol. The molecule has 4 nitrogen and oxygen atoms in total. The number of rotatable bonds is 3. The number of benzene rings is 1. The number of hydrogen-bond donors (Lipinski definition) is 3. The second kappa shape index (κ2) is 4.52. The van der Waals surface area contributed by atoms with Gasteiger partial charge in [0.1, 0.15) is 0 Å². The quantitative estimate of drug-likeness (QED) is 0.719. The first-order chi connectivity index (χ1) is 8.37. The Kier molecular flexibility index (Phi) is 3.20. The molecule has 1 unspecified atom stereocenters. The van der Waals surface area contributed by atoms with Crippen LogP contribution in [0, 0.1) is 5.41 Å². The molecule has 0 saturated heterocycles. The number of hydrogen-bond acceptors (Lipinski definition) is 3. The fourth-order valence-corrected chi connectivity index (χ4v) is 2.63. The Morgan fingerprint density at radius 2 is 2.22 bits per heavy atom. The summed E-state index contributed by atoms with van der Waals surface area (Å²) in [6.45, 7) is 4.53. The van der Waals surface area contributed by atoms with Crippen molar-refractivity contribution in [3.8, 4) is 0 Å². The number of aromatic carboxylic acids is 1. The summed E-state index contributed by atoms with van der Waals surface area (Å²) in [5.41, 5.74) is 7.32. The van der Waals surface area contributed by atoms with E-state index in [9.17, 15) is 4.79 Å². The normalized spacial score (nSPS) is 21.8. The van der Waals surface area contributed by atoms with E-state index in [0.717, 1.165) is 18.5 Å². The number of nitrogen functional groups attached to an aromatic ring is 1. The van der Waals surface area contributed by atoms with Crippen LogP contribution in [0.2, 0.25) is 0 Å². The molecule has 1 aliphatic rings. The van der Waals surface area contributed by atoms with E-state index in [1.165, 1.54) is 6.42 Å². The molecule has 1 aliphatic carbocycles. The van der Waals surface area contributed by atoms with Crippen molar-refractivity contribution in [1.82, 2.24) is 0 Å². The van der Waals surface area contributed by atoms with Crippen LogP contribution in [0.25, 0.3) is 0 Å².